The monoisotopic (exact) mass is 1830 g/mol. The van der Waals surface area contributed by atoms with E-state index in [1.54, 1.807) is 0 Å². The number of hydrogen-bond acceptors (Lipinski definition) is 4. The van der Waals surface area contributed by atoms with Crippen molar-refractivity contribution >= 4 is 147 Å². The van der Waals surface area contributed by atoms with Crippen LogP contribution < -0.4 is 0 Å². The second-order valence-corrected chi connectivity index (χ2v) is 32.3. The van der Waals surface area contributed by atoms with Gasteiger partial charge in [-0.15, -0.1) is 61.6 Å². The van der Waals surface area contributed by atoms with Gasteiger partial charge in [-0.05, 0) is 169 Å². The Morgan fingerprint density at radius 1 is 0.278 bits per heavy atom. The average molecular weight is 1830 g/mol. The molecule has 18 aromatic carbocycles. The largest absolute Gasteiger partial charge is 0.320 e. The van der Waals surface area contributed by atoms with E-state index < -0.39 is 0 Å². The van der Waals surface area contributed by atoms with E-state index in [1.165, 1.54) is 152 Å². The van der Waals surface area contributed by atoms with E-state index in [0.29, 0.717) is 6.06 Å². The summed E-state index contributed by atoms with van der Waals surface area (Å²) >= 11 is 1.87. The van der Waals surface area contributed by atoms with Crippen LogP contribution in [0, 0.1) is 13.0 Å². The Labute approximate surface area is 750 Å². The molecule has 0 saturated carbocycles. The van der Waals surface area contributed by atoms with Crippen molar-refractivity contribution in [2.75, 3.05) is 6.06 Å². The van der Waals surface area contributed by atoms with Crippen molar-refractivity contribution in [3.63, 3.8) is 0 Å². The summed E-state index contributed by atoms with van der Waals surface area (Å²) in [4.78, 5) is 5.06. The summed E-state index contributed by atoms with van der Waals surface area (Å²) in [7, 11) is 7.17. The zero-order chi connectivity index (χ0) is 83.7. The molecule has 0 bridgehead atoms. The molecule has 0 aliphatic carbocycles. The van der Waals surface area contributed by atoms with Gasteiger partial charge in [0.1, 0.15) is 11.6 Å². The van der Waals surface area contributed by atoms with Crippen LogP contribution in [-0.4, -0.2) is 56.5 Å². The number of hydrogen-bond donors (Lipinski definition) is 0. The summed E-state index contributed by atoms with van der Waals surface area (Å²) in [5, 5.41) is 21.3. The summed E-state index contributed by atoms with van der Waals surface area (Å²) in [5.41, 5.74) is 25.8. The van der Waals surface area contributed by atoms with Gasteiger partial charge in [0, 0.05) is 123 Å². The summed E-state index contributed by atoms with van der Waals surface area (Å²) < 4.78 is 16.4. The molecule has 0 spiro atoms. The number of imidazole rings is 1. The Morgan fingerprint density at radius 2 is 0.619 bits per heavy atom. The zero-order valence-corrected chi connectivity index (χ0v) is 73.1. The van der Waals surface area contributed by atoms with Crippen LogP contribution in [-0.2, 0) is 20.1 Å². The fraction of sp³-hybridized carbons (Fsp3) is 0.0177. The molecule has 3 radical (unpaired) electrons. The number of rotatable bonds is 10. The van der Waals surface area contributed by atoms with Gasteiger partial charge < -0.3 is 22.8 Å². The number of thiophene rings is 1. The summed E-state index contributed by atoms with van der Waals surface area (Å²) in [6.45, 7) is 1.95. The first kappa shape index (κ1) is 79.6. The number of fused-ring (bicyclic) bond motifs is 16. The first-order valence-corrected chi connectivity index (χ1v) is 43.7. The fourth-order valence-electron chi connectivity index (χ4n) is 18.0. The number of para-hydroxylation sites is 12. The molecule has 0 fully saturated rings. The fourth-order valence-corrected chi connectivity index (χ4v) is 19.2. The van der Waals surface area contributed by atoms with Crippen LogP contribution in [0.15, 0.2) is 443 Å². The van der Waals surface area contributed by atoms with E-state index in [1.807, 2.05) is 83.5 Å². The van der Waals surface area contributed by atoms with E-state index in [0.717, 1.165) is 51.0 Å². The van der Waals surface area contributed by atoms with E-state index in [4.69, 9.17) is 12.8 Å². The molecule has 1 unspecified atom stereocenters. The predicted molar refractivity (Wildman–Crippen MR) is 531 cm³/mol. The average Bonchev–Trinajstić information content (AvgIpc) is 1.60. The molecular formula is C113H80BIrN9PS-. The van der Waals surface area contributed by atoms with Gasteiger partial charge in [0.2, 0.25) is 0 Å². The number of benzene rings is 18. The molecule has 126 heavy (non-hydrogen) atoms. The maximum absolute atomic E-state index is 5.06. The molecule has 7 aromatic heterocycles. The van der Waals surface area contributed by atoms with Gasteiger partial charge >= 0.3 is 0 Å². The van der Waals surface area contributed by atoms with Crippen molar-refractivity contribution in [2.24, 2.45) is 0 Å². The number of aromatic nitrogens is 9. The molecule has 0 amide bonds. The van der Waals surface area contributed by atoms with Crippen LogP contribution in [0.1, 0.15) is 5.82 Å². The third-order valence-electron chi connectivity index (χ3n) is 23.5. The van der Waals surface area contributed by atoms with Crippen LogP contribution in [0.25, 0.3) is 198 Å². The molecular weight excluding hydrogens is 1750 g/mol. The van der Waals surface area contributed by atoms with E-state index in [-0.39, 0.29) is 20.1 Å². The molecule has 0 aliphatic heterocycles. The van der Waals surface area contributed by atoms with Crippen molar-refractivity contribution in [1.82, 2.24) is 42.6 Å². The first-order valence-electron chi connectivity index (χ1n) is 42.0. The second-order valence-electron chi connectivity index (χ2n) is 30.8. The third-order valence-corrected chi connectivity index (χ3v) is 24.7. The standard InChI is InChI=1S/C36H24N2.C31H20N2S.C30H20N2.C15H12N3.CH4BP.Ir/c1-5-13-33-29(9-1)30-10-2-6-14-34(30)37(33)27-21-17-25(18-22-27)26-19-23-28(24-20-26)38-35-15-7-3-11-31(35)32-12-4-8-16-36(32)38;1-2-12-23(13-3-1)33-28-18-6-5-17-27(28)32-31(33)22-11-8-10-21(20-22)24-15-9-16-26-25-14-4-7-19-29(25)34-30(24)26;1-5-16-27-23(12-1)24-13-2-6-17-28(24)31(27)21-10-9-11-22(20-21)32-29-18-7-3-14-25(29)26-15-4-8-19-30(26)32;1-12-16-17-15(13-8-4-2-5-9-13)18(12)14-10-6-3-7-11-14;2-1-3;/h1-24H;1-20H;1-20H;2-8,10-11H,1H3;1,3H2;/q;;;-1;;. The van der Waals surface area contributed by atoms with Gasteiger partial charge in [-0.25, -0.2) is 4.98 Å². The Kier molecular flexibility index (Phi) is 22.2. The van der Waals surface area contributed by atoms with E-state index in [2.05, 4.69) is 431 Å². The van der Waals surface area contributed by atoms with Crippen molar-refractivity contribution in [1.29, 1.82) is 0 Å². The molecule has 25 rings (SSSR count). The minimum atomic E-state index is 0. The second kappa shape index (κ2) is 35.2. The quantitative estimate of drug-likeness (QED) is 0.0778. The van der Waals surface area contributed by atoms with E-state index >= 15 is 0 Å². The van der Waals surface area contributed by atoms with Crippen LogP contribution in [0.2, 0.25) is 0 Å². The molecule has 0 aliphatic rings. The summed E-state index contributed by atoms with van der Waals surface area (Å²) in [6, 6.07) is 161. The molecule has 0 saturated heterocycles. The van der Waals surface area contributed by atoms with Crippen LogP contribution in [0.3, 0.4) is 0 Å². The van der Waals surface area contributed by atoms with Gasteiger partial charge in [-0.2, -0.15) is 5.10 Å². The predicted octanol–water partition coefficient (Wildman–Crippen LogP) is 29.2. The Bertz CT molecular complexity index is 7750. The zero-order valence-electron chi connectivity index (χ0n) is 68.8. The van der Waals surface area contributed by atoms with Gasteiger partial charge in [0.15, 0.2) is 0 Å². The van der Waals surface area contributed by atoms with Crippen LogP contribution >= 0.6 is 20.6 Å². The Balaban J connectivity index is 0.000000107. The van der Waals surface area contributed by atoms with Crippen LogP contribution in [0.4, 0.5) is 0 Å². The minimum absolute atomic E-state index is 0. The summed E-state index contributed by atoms with van der Waals surface area (Å²) in [6.07, 6.45) is 0. The SMILES string of the molecule is Cc1nnc(-c2[c-]cccc2)n1-c1ccccc1.[B]CP.[Ir].c1cc(-n2c3ccccc3c3ccccc32)cc(-n2c3ccccc3c3ccccc32)c1.c1ccc(-n2c(-c3cccc(-c4cccc5c4sc4ccccc45)c3)nc3ccccc32)cc1.c1ccc2c(c1)c1ccccc1n2-c1ccc(-c2ccc(-n3c4ccccc4c4ccccc43)cc2)cc1. The first-order chi connectivity index (χ1) is 61.9. The molecule has 601 valence electrons. The molecule has 13 heteroatoms. The van der Waals surface area contributed by atoms with Gasteiger partial charge in [0.05, 0.1) is 68.8 Å². The Hall–Kier alpha value is -14.9. The minimum Gasteiger partial charge on any atom is -0.320 e. The Morgan fingerprint density at radius 3 is 1.06 bits per heavy atom. The van der Waals surface area contributed by atoms with Gasteiger partial charge in [0.25, 0.3) is 0 Å². The third kappa shape index (κ3) is 14.8. The molecule has 25 aromatic rings. The molecule has 1 atom stereocenters. The maximum atomic E-state index is 5.06. The van der Waals surface area contributed by atoms with Crippen LogP contribution in [0.5, 0.6) is 0 Å². The van der Waals surface area contributed by atoms with Gasteiger partial charge in [-0.3, -0.25) is 4.57 Å². The number of aryl methyl sites for hydroxylation is 1. The number of nitrogens with zero attached hydrogens (tertiary/aromatic N) is 9. The molecule has 7 heterocycles. The summed E-state index contributed by atoms with van der Waals surface area (Å²) in [5.74, 6) is 2.64. The van der Waals surface area contributed by atoms with Crippen molar-refractivity contribution < 1.29 is 20.1 Å². The molecule has 0 N–H and O–H groups in total. The molecule has 9 nitrogen and oxygen atoms in total. The normalized spacial score (nSPS) is 11.3. The topological polar surface area (TPSA) is 68.2 Å². The van der Waals surface area contributed by atoms with Crippen molar-refractivity contribution in [2.45, 2.75) is 6.92 Å². The smallest absolute Gasteiger partial charge is 0.145 e. The van der Waals surface area contributed by atoms with Gasteiger partial charge in [-0.1, -0.05) is 285 Å². The van der Waals surface area contributed by atoms with Crippen molar-refractivity contribution in [3.05, 3.63) is 455 Å². The van der Waals surface area contributed by atoms with E-state index in [9.17, 15) is 0 Å². The van der Waals surface area contributed by atoms with Crippen molar-refractivity contribution in [3.8, 4) is 79.2 Å². The maximum Gasteiger partial charge on any atom is 0.145 e.